The fraction of sp³-hybridized carbons (Fsp3) is 0.600. The highest BCUT2D eigenvalue weighted by atomic mass is 32.1. The first-order valence-corrected chi connectivity index (χ1v) is 8.65. The molecule has 0 amide bonds. The van der Waals surface area contributed by atoms with Crippen LogP contribution < -0.4 is 15.1 Å². The van der Waals surface area contributed by atoms with Crippen LogP contribution in [0.15, 0.2) is 12.3 Å². The number of anilines is 3. The van der Waals surface area contributed by atoms with E-state index in [0.717, 1.165) is 42.2 Å². The highest BCUT2D eigenvalue weighted by Crippen LogP contribution is 2.26. The van der Waals surface area contributed by atoms with Crippen molar-refractivity contribution in [1.82, 2.24) is 19.3 Å². The van der Waals surface area contributed by atoms with Crippen LogP contribution in [0.2, 0.25) is 0 Å². The van der Waals surface area contributed by atoms with Gasteiger partial charge in [0, 0.05) is 56.9 Å². The highest BCUT2D eigenvalue weighted by molar-refractivity contribution is 7.09. The Hall–Kier alpha value is -1.96. The Morgan fingerprint density at radius 2 is 2.17 bits per heavy atom. The third kappa shape index (κ3) is 3.69. The first-order valence-electron chi connectivity index (χ1n) is 7.88. The van der Waals surface area contributed by atoms with Crippen molar-refractivity contribution in [3.8, 4) is 0 Å². The average Bonchev–Trinajstić information content (AvgIpc) is 3.16. The summed E-state index contributed by atoms with van der Waals surface area (Å²) >= 11 is 1.49. The van der Waals surface area contributed by atoms with E-state index in [0.29, 0.717) is 12.0 Å². The molecule has 0 bridgehead atoms. The van der Waals surface area contributed by atoms with Gasteiger partial charge in [-0.2, -0.15) is 9.36 Å². The zero-order valence-electron chi connectivity index (χ0n) is 14.0. The summed E-state index contributed by atoms with van der Waals surface area (Å²) in [5.74, 6) is 2.90. The van der Waals surface area contributed by atoms with Crippen LogP contribution in [0.4, 0.5) is 16.9 Å². The summed E-state index contributed by atoms with van der Waals surface area (Å²) in [7, 11) is 3.89. The number of hydrogen-bond acceptors (Lipinski definition) is 8. The molecule has 1 unspecified atom stereocenters. The molecule has 3 rings (SSSR count). The molecule has 1 aliphatic rings. The summed E-state index contributed by atoms with van der Waals surface area (Å²) in [4.78, 5) is 17.6. The first kappa shape index (κ1) is 15.9. The summed E-state index contributed by atoms with van der Waals surface area (Å²) in [6.45, 7) is 6.17. The van der Waals surface area contributed by atoms with Crippen molar-refractivity contribution in [2.45, 2.75) is 32.2 Å². The van der Waals surface area contributed by atoms with Crippen LogP contribution in [0.5, 0.6) is 0 Å². The molecule has 2 aromatic heterocycles. The molecular formula is C15H23N7S. The van der Waals surface area contributed by atoms with Gasteiger partial charge in [0.2, 0.25) is 11.1 Å². The van der Waals surface area contributed by atoms with Crippen LogP contribution in [0.3, 0.4) is 0 Å². The van der Waals surface area contributed by atoms with E-state index in [1.165, 1.54) is 11.5 Å². The first-order chi connectivity index (χ1) is 11.0. The standard InChI is InChI=1S/C15H23N7S/c1-10(2)13-19-15(23-20-13)22-8-6-11(9-22)17-12-5-7-16-14(18-12)21(3)4/h5,7,10-11H,6,8-9H2,1-4H3,(H,16,17,18). The highest BCUT2D eigenvalue weighted by Gasteiger charge is 2.25. The third-order valence-electron chi connectivity index (χ3n) is 3.80. The number of hydrogen-bond donors (Lipinski definition) is 1. The fourth-order valence-corrected chi connectivity index (χ4v) is 3.34. The maximum absolute atomic E-state index is 4.64. The van der Waals surface area contributed by atoms with Gasteiger partial charge in [0.05, 0.1) is 0 Å². The van der Waals surface area contributed by atoms with E-state index in [2.05, 4.69) is 43.4 Å². The van der Waals surface area contributed by atoms with Crippen molar-refractivity contribution in [1.29, 1.82) is 0 Å². The molecule has 1 N–H and O–H groups in total. The van der Waals surface area contributed by atoms with Gasteiger partial charge >= 0.3 is 0 Å². The van der Waals surface area contributed by atoms with E-state index in [-0.39, 0.29) is 0 Å². The van der Waals surface area contributed by atoms with E-state index in [1.54, 1.807) is 6.20 Å². The maximum atomic E-state index is 4.64. The van der Waals surface area contributed by atoms with Crippen molar-refractivity contribution < 1.29 is 0 Å². The van der Waals surface area contributed by atoms with Crippen LogP contribution in [-0.2, 0) is 0 Å². The maximum Gasteiger partial charge on any atom is 0.226 e. The Balaban J connectivity index is 1.62. The lowest BCUT2D eigenvalue weighted by Gasteiger charge is -2.17. The van der Waals surface area contributed by atoms with Crippen molar-refractivity contribution in [2.24, 2.45) is 0 Å². The lowest BCUT2D eigenvalue weighted by Crippen LogP contribution is -2.26. The molecule has 7 nitrogen and oxygen atoms in total. The second-order valence-electron chi connectivity index (χ2n) is 6.30. The molecule has 23 heavy (non-hydrogen) atoms. The Labute approximate surface area is 140 Å². The van der Waals surface area contributed by atoms with Gasteiger partial charge in [-0.15, -0.1) is 0 Å². The second-order valence-corrected chi connectivity index (χ2v) is 7.03. The molecule has 1 atom stereocenters. The number of nitrogens with zero attached hydrogens (tertiary/aromatic N) is 6. The van der Waals surface area contributed by atoms with E-state index in [4.69, 9.17) is 0 Å². The van der Waals surface area contributed by atoms with E-state index in [9.17, 15) is 0 Å². The molecule has 3 heterocycles. The van der Waals surface area contributed by atoms with Crippen LogP contribution in [-0.4, -0.2) is 52.6 Å². The quantitative estimate of drug-likeness (QED) is 0.899. The predicted octanol–water partition coefficient (Wildman–Crippen LogP) is 2.21. The number of aromatic nitrogens is 4. The normalized spacial score (nSPS) is 17.8. The molecule has 0 spiro atoms. The molecule has 0 aromatic carbocycles. The van der Waals surface area contributed by atoms with E-state index in [1.807, 2.05) is 25.1 Å². The zero-order valence-corrected chi connectivity index (χ0v) is 14.8. The summed E-state index contributed by atoms with van der Waals surface area (Å²) < 4.78 is 4.44. The Morgan fingerprint density at radius 1 is 1.35 bits per heavy atom. The molecule has 0 saturated carbocycles. The van der Waals surface area contributed by atoms with Gasteiger partial charge in [0.25, 0.3) is 0 Å². The zero-order chi connectivity index (χ0) is 16.4. The third-order valence-corrected chi connectivity index (χ3v) is 4.59. The Morgan fingerprint density at radius 3 is 2.87 bits per heavy atom. The molecule has 8 heteroatoms. The predicted molar refractivity (Wildman–Crippen MR) is 94.6 cm³/mol. The second kappa shape index (κ2) is 6.66. The fourth-order valence-electron chi connectivity index (χ4n) is 2.49. The molecule has 0 radical (unpaired) electrons. The minimum Gasteiger partial charge on any atom is -0.365 e. The molecule has 1 saturated heterocycles. The van der Waals surface area contributed by atoms with Crippen LogP contribution >= 0.6 is 11.5 Å². The topological polar surface area (TPSA) is 70.1 Å². The SMILES string of the molecule is CC(C)c1nsc(N2CCC(Nc3ccnc(N(C)C)n3)C2)n1. The van der Waals surface area contributed by atoms with Crippen LogP contribution in [0.25, 0.3) is 0 Å². The largest absolute Gasteiger partial charge is 0.365 e. The van der Waals surface area contributed by atoms with Crippen molar-refractivity contribution in [2.75, 3.05) is 42.3 Å². The van der Waals surface area contributed by atoms with Crippen LogP contribution in [0, 0.1) is 0 Å². The lowest BCUT2D eigenvalue weighted by atomic mass is 10.2. The molecular weight excluding hydrogens is 310 g/mol. The average molecular weight is 333 g/mol. The Bertz CT molecular complexity index is 655. The van der Waals surface area contributed by atoms with Gasteiger partial charge in [-0.1, -0.05) is 13.8 Å². The van der Waals surface area contributed by atoms with Crippen molar-refractivity contribution >= 4 is 28.4 Å². The van der Waals surface area contributed by atoms with Gasteiger partial charge in [0.15, 0.2) is 0 Å². The van der Waals surface area contributed by atoms with Crippen LogP contribution in [0.1, 0.15) is 32.0 Å². The minimum atomic E-state index is 0.367. The van der Waals surface area contributed by atoms with Gasteiger partial charge in [0.1, 0.15) is 11.6 Å². The van der Waals surface area contributed by atoms with Crippen molar-refractivity contribution in [3.63, 3.8) is 0 Å². The molecule has 124 valence electrons. The summed E-state index contributed by atoms with van der Waals surface area (Å²) in [5.41, 5.74) is 0. The van der Waals surface area contributed by atoms with Crippen molar-refractivity contribution in [3.05, 3.63) is 18.1 Å². The lowest BCUT2D eigenvalue weighted by molar-refractivity contribution is 0.788. The van der Waals surface area contributed by atoms with Gasteiger partial charge < -0.3 is 15.1 Å². The van der Waals surface area contributed by atoms with Gasteiger partial charge in [-0.05, 0) is 12.5 Å². The summed E-state index contributed by atoms with van der Waals surface area (Å²) in [6.07, 6.45) is 2.86. The number of rotatable bonds is 5. The summed E-state index contributed by atoms with van der Waals surface area (Å²) in [5, 5.41) is 4.53. The van der Waals surface area contributed by atoms with Gasteiger partial charge in [-0.25, -0.2) is 9.97 Å². The molecule has 1 fully saturated rings. The smallest absolute Gasteiger partial charge is 0.226 e. The molecule has 1 aliphatic heterocycles. The molecule has 2 aromatic rings. The Kier molecular flexibility index (Phi) is 4.61. The summed E-state index contributed by atoms with van der Waals surface area (Å²) in [6, 6.07) is 2.28. The van der Waals surface area contributed by atoms with Gasteiger partial charge in [-0.3, -0.25) is 0 Å². The monoisotopic (exact) mass is 333 g/mol. The molecule has 0 aliphatic carbocycles. The number of nitrogens with one attached hydrogen (secondary N) is 1. The van der Waals surface area contributed by atoms with E-state index >= 15 is 0 Å². The van der Waals surface area contributed by atoms with E-state index < -0.39 is 0 Å². The minimum absolute atomic E-state index is 0.367.